The first kappa shape index (κ1) is 11.0. The summed E-state index contributed by atoms with van der Waals surface area (Å²) in [7, 11) is 3.64. The minimum atomic E-state index is 0.189. The van der Waals surface area contributed by atoms with Gasteiger partial charge < -0.3 is 10.1 Å². The summed E-state index contributed by atoms with van der Waals surface area (Å²) in [5, 5.41) is 7.64. The van der Waals surface area contributed by atoms with E-state index < -0.39 is 0 Å². The van der Waals surface area contributed by atoms with E-state index in [9.17, 15) is 0 Å². The lowest BCUT2D eigenvalue weighted by molar-refractivity contribution is 0.106. The zero-order valence-electron chi connectivity index (χ0n) is 9.53. The second-order valence-corrected chi connectivity index (χ2v) is 3.68. The number of aryl methyl sites for hydroxylation is 2. The number of rotatable bonds is 4. The molecule has 1 rings (SSSR count). The second kappa shape index (κ2) is 4.46. The van der Waals surface area contributed by atoms with Gasteiger partial charge in [-0.25, -0.2) is 0 Å². The van der Waals surface area contributed by atoms with Gasteiger partial charge in [0, 0.05) is 26.4 Å². The molecule has 0 aliphatic carbocycles. The Morgan fingerprint density at radius 3 is 2.57 bits per heavy atom. The molecule has 0 radical (unpaired) electrons. The maximum atomic E-state index is 5.24. The molecule has 4 heteroatoms. The molecule has 0 bridgehead atoms. The number of nitrogens with one attached hydrogen (secondary N) is 1. The molecule has 4 nitrogen and oxygen atoms in total. The number of hydrogen-bond donors (Lipinski definition) is 1. The van der Waals surface area contributed by atoms with Crippen LogP contribution in [-0.2, 0) is 11.8 Å². The fourth-order valence-corrected chi connectivity index (χ4v) is 1.31. The van der Waals surface area contributed by atoms with Gasteiger partial charge in [-0.15, -0.1) is 0 Å². The monoisotopic (exact) mass is 197 g/mol. The maximum Gasteiger partial charge on any atom is 0.0825 e. The molecule has 0 amide bonds. The highest BCUT2D eigenvalue weighted by atomic mass is 16.5. The van der Waals surface area contributed by atoms with Gasteiger partial charge in [-0.2, -0.15) is 5.10 Å². The number of aromatic nitrogens is 2. The van der Waals surface area contributed by atoms with Crippen molar-refractivity contribution in [1.29, 1.82) is 0 Å². The first-order valence-electron chi connectivity index (χ1n) is 4.84. The Labute approximate surface area is 85.3 Å². The molecule has 1 aromatic rings. The topological polar surface area (TPSA) is 39.1 Å². The van der Waals surface area contributed by atoms with Crippen LogP contribution >= 0.6 is 0 Å². The average molecular weight is 197 g/mol. The molecule has 2 atom stereocenters. The molecule has 1 heterocycles. The Hall–Kier alpha value is -1.03. The van der Waals surface area contributed by atoms with Crippen LogP contribution in [0.1, 0.15) is 19.5 Å². The van der Waals surface area contributed by atoms with E-state index in [1.54, 1.807) is 7.11 Å². The highest BCUT2D eigenvalue weighted by Gasteiger charge is 2.12. The normalized spacial score (nSPS) is 15.2. The largest absolute Gasteiger partial charge is 0.380 e. The highest BCUT2D eigenvalue weighted by molar-refractivity contribution is 5.46. The van der Waals surface area contributed by atoms with Gasteiger partial charge in [0.15, 0.2) is 0 Å². The summed E-state index contributed by atoms with van der Waals surface area (Å²) in [5.41, 5.74) is 2.09. The lowest BCUT2D eigenvalue weighted by Crippen LogP contribution is -2.29. The Kier molecular flexibility index (Phi) is 3.52. The Morgan fingerprint density at radius 2 is 2.14 bits per heavy atom. The molecule has 1 N–H and O–H groups in total. The summed E-state index contributed by atoms with van der Waals surface area (Å²) in [6.07, 6.45) is 2.17. The molecule has 2 unspecified atom stereocenters. The van der Waals surface area contributed by atoms with Crippen LogP contribution in [0.4, 0.5) is 5.69 Å². The molecular weight excluding hydrogens is 178 g/mol. The maximum absolute atomic E-state index is 5.24. The molecule has 0 aliphatic rings. The lowest BCUT2D eigenvalue weighted by atomic mass is 10.2. The Balaban J connectivity index is 2.64. The van der Waals surface area contributed by atoms with Gasteiger partial charge in [-0.05, 0) is 20.8 Å². The van der Waals surface area contributed by atoms with Crippen molar-refractivity contribution >= 4 is 5.69 Å². The highest BCUT2D eigenvalue weighted by Crippen LogP contribution is 2.14. The van der Waals surface area contributed by atoms with Crippen LogP contribution in [0.2, 0.25) is 0 Å². The van der Waals surface area contributed by atoms with Crippen molar-refractivity contribution in [2.45, 2.75) is 32.9 Å². The summed E-state index contributed by atoms with van der Waals surface area (Å²) < 4.78 is 7.05. The van der Waals surface area contributed by atoms with Gasteiger partial charge >= 0.3 is 0 Å². The number of methoxy groups -OCH3 is 1. The number of anilines is 1. The van der Waals surface area contributed by atoms with E-state index in [2.05, 4.69) is 17.3 Å². The number of hydrogen-bond acceptors (Lipinski definition) is 3. The molecule has 1 aromatic heterocycles. The van der Waals surface area contributed by atoms with Gasteiger partial charge in [0.25, 0.3) is 0 Å². The molecular formula is C10H19N3O. The molecule has 0 fully saturated rings. The van der Waals surface area contributed by atoms with E-state index >= 15 is 0 Å². The van der Waals surface area contributed by atoms with E-state index in [1.165, 1.54) is 0 Å². The molecule has 14 heavy (non-hydrogen) atoms. The fourth-order valence-electron chi connectivity index (χ4n) is 1.31. The van der Waals surface area contributed by atoms with Crippen molar-refractivity contribution in [1.82, 2.24) is 9.78 Å². The second-order valence-electron chi connectivity index (χ2n) is 3.68. The molecule has 0 saturated heterocycles. The minimum Gasteiger partial charge on any atom is -0.380 e. The summed E-state index contributed by atoms with van der Waals surface area (Å²) in [5.74, 6) is 0. The van der Waals surface area contributed by atoms with Gasteiger partial charge in [0.1, 0.15) is 0 Å². The first-order chi connectivity index (χ1) is 6.54. The predicted octanol–water partition coefficient (Wildman–Crippen LogP) is 1.56. The molecule has 0 aliphatic heterocycles. The average Bonchev–Trinajstić information content (AvgIpc) is 2.44. The van der Waals surface area contributed by atoms with Crippen LogP contribution in [0.3, 0.4) is 0 Å². The lowest BCUT2D eigenvalue weighted by Gasteiger charge is -2.20. The molecule has 80 valence electrons. The van der Waals surface area contributed by atoms with Crippen LogP contribution in [-0.4, -0.2) is 29.0 Å². The van der Waals surface area contributed by atoms with Crippen LogP contribution in [0.25, 0.3) is 0 Å². The van der Waals surface area contributed by atoms with E-state index in [0.717, 1.165) is 11.4 Å². The van der Waals surface area contributed by atoms with Crippen molar-refractivity contribution in [2.24, 2.45) is 7.05 Å². The summed E-state index contributed by atoms with van der Waals surface area (Å²) >= 11 is 0. The van der Waals surface area contributed by atoms with Gasteiger partial charge in [0.05, 0.1) is 17.5 Å². The fraction of sp³-hybridized carbons (Fsp3) is 0.700. The third-order valence-electron chi connectivity index (χ3n) is 2.47. The quantitative estimate of drug-likeness (QED) is 0.796. The first-order valence-corrected chi connectivity index (χ1v) is 4.84. The smallest absolute Gasteiger partial charge is 0.0825 e. The van der Waals surface area contributed by atoms with Gasteiger partial charge in [-0.3, -0.25) is 4.68 Å². The third-order valence-corrected chi connectivity index (χ3v) is 2.47. The number of nitrogens with zero attached hydrogens (tertiary/aromatic N) is 2. The summed E-state index contributed by atoms with van der Waals surface area (Å²) in [6, 6.07) is 0.280. The van der Waals surface area contributed by atoms with Crippen molar-refractivity contribution in [3.63, 3.8) is 0 Å². The van der Waals surface area contributed by atoms with Crippen LogP contribution < -0.4 is 5.32 Å². The van der Waals surface area contributed by atoms with E-state index in [1.807, 2.05) is 31.8 Å². The zero-order valence-corrected chi connectivity index (χ0v) is 9.53. The van der Waals surface area contributed by atoms with Crippen molar-refractivity contribution in [3.8, 4) is 0 Å². The minimum absolute atomic E-state index is 0.189. The SMILES string of the molecule is COC(C)C(C)Nc1cn(C)nc1C. The summed E-state index contributed by atoms with van der Waals surface area (Å²) in [6.45, 7) is 6.14. The van der Waals surface area contributed by atoms with E-state index in [0.29, 0.717) is 0 Å². The van der Waals surface area contributed by atoms with Crippen LogP contribution in [0, 0.1) is 6.92 Å². The third kappa shape index (κ3) is 2.48. The molecule has 0 spiro atoms. The van der Waals surface area contributed by atoms with Crippen LogP contribution in [0.15, 0.2) is 6.20 Å². The van der Waals surface area contributed by atoms with Crippen molar-refractivity contribution < 1.29 is 4.74 Å². The van der Waals surface area contributed by atoms with Gasteiger partial charge in [0.2, 0.25) is 0 Å². The standard InChI is InChI=1S/C10H19N3O/c1-7(9(3)14-5)11-10-6-13(4)12-8(10)2/h6-7,9,11H,1-5H3. The summed E-state index contributed by atoms with van der Waals surface area (Å²) in [4.78, 5) is 0. The van der Waals surface area contributed by atoms with E-state index in [-0.39, 0.29) is 12.1 Å². The van der Waals surface area contributed by atoms with Crippen molar-refractivity contribution in [2.75, 3.05) is 12.4 Å². The zero-order chi connectivity index (χ0) is 10.7. The van der Waals surface area contributed by atoms with Gasteiger partial charge in [-0.1, -0.05) is 0 Å². The van der Waals surface area contributed by atoms with E-state index in [4.69, 9.17) is 4.74 Å². The molecule has 0 saturated carbocycles. The van der Waals surface area contributed by atoms with Crippen molar-refractivity contribution in [3.05, 3.63) is 11.9 Å². The molecule has 0 aromatic carbocycles. The van der Waals surface area contributed by atoms with Crippen LogP contribution in [0.5, 0.6) is 0 Å². The predicted molar refractivity (Wildman–Crippen MR) is 57.5 cm³/mol. The Bertz CT molecular complexity index is 296. The Morgan fingerprint density at radius 1 is 1.50 bits per heavy atom. The number of ether oxygens (including phenoxy) is 1.